The maximum absolute atomic E-state index is 12.5. The zero-order valence-corrected chi connectivity index (χ0v) is 12.6. The Kier molecular flexibility index (Phi) is 3.41. The molecule has 0 saturated carbocycles. The Labute approximate surface area is 124 Å². The van der Waals surface area contributed by atoms with E-state index in [4.69, 9.17) is 0 Å². The number of aryl methyl sites for hydroxylation is 2. The van der Waals surface area contributed by atoms with Crippen molar-refractivity contribution in [1.82, 2.24) is 9.55 Å². The first-order chi connectivity index (χ1) is 10.1. The lowest BCUT2D eigenvalue weighted by molar-refractivity contribution is -0.117. The first-order valence-corrected chi connectivity index (χ1v) is 7.22. The minimum absolute atomic E-state index is 0.000139. The van der Waals surface area contributed by atoms with Crippen LogP contribution in [0, 0.1) is 13.8 Å². The maximum atomic E-state index is 12.5. The van der Waals surface area contributed by atoms with Gasteiger partial charge < -0.3 is 14.8 Å². The van der Waals surface area contributed by atoms with E-state index in [-0.39, 0.29) is 11.9 Å². The Bertz CT molecular complexity index is 677. The number of fused-ring (bicyclic) bond motifs is 1. The Hall–Kier alpha value is -2.30. The second kappa shape index (κ2) is 5.24. The van der Waals surface area contributed by atoms with Gasteiger partial charge in [0.25, 0.3) is 0 Å². The van der Waals surface area contributed by atoms with E-state index in [0.29, 0.717) is 0 Å². The minimum atomic E-state index is -0.242. The number of benzene rings is 1. The van der Waals surface area contributed by atoms with Crippen LogP contribution in [0.15, 0.2) is 30.6 Å². The van der Waals surface area contributed by atoms with E-state index in [1.54, 1.807) is 6.20 Å². The highest BCUT2D eigenvalue weighted by molar-refractivity contribution is 5.97. The lowest BCUT2D eigenvalue weighted by Gasteiger charge is -2.24. The van der Waals surface area contributed by atoms with E-state index in [0.717, 1.165) is 35.9 Å². The zero-order valence-electron chi connectivity index (χ0n) is 12.6. The van der Waals surface area contributed by atoms with Crippen molar-refractivity contribution in [2.75, 3.05) is 16.8 Å². The van der Waals surface area contributed by atoms with Gasteiger partial charge in [-0.3, -0.25) is 4.79 Å². The molecule has 110 valence electrons. The monoisotopic (exact) mass is 284 g/mol. The second-order valence-corrected chi connectivity index (χ2v) is 5.60. The number of nitrogens with one attached hydrogen (secondary N) is 1. The van der Waals surface area contributed by atoms with E-state index < -0.39 is 0 Å². The number of hydrogen-bond acceptors (Lipinski definition) is 3. The number of carbonyl (C=O) groups is 1. The van der Waals surface area contributed by atoms with E-state index in [2.05, 4.69) is 14.9 Å². The summed E-state index contributed by atoms with van der Waals surface area (Å²) in [5.74, 6) is 0.874. The van der Waals surface area contributed by atoms with Gasteiger partial charge >= 0.3 is 0 Å². The lowest BCUT2D eigenvalue weighted by atomic mass is 10.1. The molecule has 1 amide bonds. The molecule has 1 aromatic heterocycles. The van der Waals surface area contributed by atoms with Gasteiger partial charge in [-0.2, -0.15) is 0 Å². The molecule has 21 heavy (non-hydrogen) atoms. The van der Waals surface area contributed by atoms with Gasteiger partial charge in [0.15, 0.2) is 0 Å². The van der Waals surface area contributed by atoms with E-state index >= 15 is 0 Å². The highest BCUT2D eigenvalue weighted by Crippen LogP contribution is 2.22. The van der Waals surface area contributed by atoms with Crippen LogP contribution in [0.1, 0.15) is 18.1 Å². The van der Waals surface area contributed by atoms with Crippen molar-refractivity contribution >= 4 is 17.5 Å². The van der Waals surface area contributed by atoms with Gasteiger partial charge in [-0.1, -0.05) is 12.1 Å². The lowest BCUT2D eigenvalue weighted by Crippen LogP contribution is -2.41. The average Bonchev–Trinajstić information content (AvgIpc) is 3.04. The summed E-state index contributed by atoms with van der Waals surface area (Å²) in [5.41, 5.74) is 3.10. The fourth-order valence-electron chi connectivity index (χ4n) is 2.67. The van der Waals surface area contributed by atoms with E-state index in [1.165, 1.54) is 0 Å². The number of hydrogen-bond donors (Lipinski definition) is 1. The van der Waals surface area contributed by atoms with Crippen LogP contribution in [-0.4, -0.2) is 28.0 Å². The molecule has 1 aliphatic heterocycles. The normalized spacial score (nSPS) is 14.9. The molecule has 1 aromatic carbocycles. The topological polar surface area (TPSA) is 50.2 Å². The van der Waals surface area contributed by atoms with Gasteiger partial charge in [0, 0.05) is 31.2 Å². The summed E-state index contributed by atoms with van der Waals surface area (Å²) in [7, 11) is 0. The van der Waals surface area contributed by atoms with Crippen molar-refractivity contribution in [3.63, 3.8) is 0 Å². The highest BCUT2D eigenvalue weighted by atomic mass is 16.2. The Morgan fingerprint density at radius 1 is 1.33 bits per heavy atom. The third-order valence-corrected chi connectivity index (χ3v) is 4.03. The smallest absolute Gasteiger partial charge is 0.246 e. The number of aromatic nitrogens is 2. The summed E-state index contributed by atoms with van der Waals surface area (Å²) in [6.07, 6.45) is 3.72. The predicted octanol–water partition coefficient (Wildman–Crippen LogP) is 2.35. The summed E-state index contributed by atoms with van der Waals surface area (Å²) in [5, 5.41) is 3.03. The molecule has 5 nitrogen and oxygen atoms in total. The number of imidazole rings is 1. The second-order valence-electron chi connectivity index (χ2n) is 5.60. The average molecular weight is 284 g/mol. The summed E-state index contributed by atoms with van der Waals surface area (Å²) < 4.78 is 2.07. The Balaban J connectivity index is 1.75. The van der Waals surface area contributed by atoms with Gasteiger partial charge in [-0.25, -0.2) is 4.98 Å². The molecule has 0 aliphatic carbocycles. The maximum Gasteiger partial charge on any atom is 0.246 e. The van der Waals surface area contributed by atoms with Crippen molar-refractivity contribution in [3.8, 4) is 0 Å². The van der Waals surface area contributed by atoms with Crippen LogP contribution in [0.5, 0.6) is 0 Å². The Morgan fingerprint density at radius 2 is 2.14 bits per heavy atom. The van der Waals surface area contributed by atoms with E-state index in [1.807, 2.05) is 50.1 Å². The quantitative estimate of drug-likeness (QED) is 0.941. The van der Waals surface area contributed by atoms with Crippen LogP contribution < -0.4 is 10.2 Å². The first kappa shape index (κ1) is 13.7. The van der Waals surface area contributed by atoms with Crippen molar-refractivity contribution < 1.29 is 4.79 Å². The standard InChI is InChI=1S/C16H20N4O/c1-11-4-5-12(2)14(10-11)18-15(21)13(3)20-9-8-19-7-6-17-16(19)20/h4-7,10,13H,8-9H2,1-3H3,(H,18,21). The van der Waals surface area contributed by atoms with Crippen molar-refractivity contribution in [2.24, 2.45) is 0 Å². The summed E-state index contributed by atoms with van der Waals surface area (Å²) in [4.78, 5) is 18.9. The summed E-state index contributed by atoms with van der Waals surface area (Å²) >= 11 is 0. The van der Waals surface area contributed by atoms with Crippen LogP contribution >= 0.6 is 0 Å². The molecular weight excluding hydrogens is 264 g/mol. The molecule has 3 rings (SSSR count). The molecule has 1 N–H and O–H groups in total. The van der Waals surface area contributed by atoms with Crippen LogP contribution in [0.4, 0.5) is 11.6 Å². The van der Waals surface area contributed by atoms with Gasteiger partial charge in [0.1, 0.15) is 6.04 Å². The van der Waals surface area contributed by atoms with E-state index in [9.17, 15) is 4.79 Å². The molecule has 2 aromatic rings. The number of amides is 1. The molecule has 1 aliphatic rings. The molecule has 0 fully saturated rings. The van der Waals surface area contributed by atoms with Crippen molar-refractivity contribution in [2.45, 2.75) is 33.4 Å². The molecule has 0 saturated heterocycles. The molecule has 0 radical (unpaired) electrons. The molecule has 0 bridgehead atoms. The van der Waals surface area contributed by atoms with Crippen molar-refractivity contribution in [1.29, 1.82) is 0 Å². The minimum Gasteiger partial charge on any atom is -0.329 e. The number of anilines is 2. The molecule has 0 spiro atoms. The predicted molar refractivity (Wildman–Crippen MR) is 83.6 cm³/mol. The number of carbonyl (C=O) groups excluding carboxylic acids is 1. The summed E-state index contributed by atoms with van der Waals surface area (Å²) in [6, 6.07) is 5.84. The fraction of sp³-hybridized carbons (Fsp3) is 0.375. The van der Waals surface area contributed by atoms with Gasteiger partial charge in [0.2, 0.25) is 11.9 Å². The van der Waals surface area contributed by atoms with Crippen molar-refractivity contribution in [3.05, 3.63) is 41.7 Å². The molecular formula is C16H20N4O. The van der Waals surface area contributed by atoms with Crippen LogP contribution in [0.25, 0.3) is 0 Å². The van der Waals surface area contributed by atoms with Crippen LogP contribution in [0.3, 0.4) is 0 Å². The third-order valence-electron chi connectivity index (χ3n) is 4.03. The molecule has 1 unspecified atom stereocenters. The van der Waals surface area contributed by atoms with Crippen LogP contribution in [0.2, 0.25) is 0 Å². The zero-order chi connectivity index (χ0) is 15.0. The molecule has 2 heterocycles. The van der Waals surface area contributed by atoms with Crippen LogP contribution in [-0.2, 0) is 11.3 Å². The number of rotatable bonds is 3. The van der Waals surface area contributed by atoms with Gasteiger partial charge in [-0.15, -0.1) is 0 Å². The summed E-state index contributed by atoms with van der Waals surface area (Å²) in [6.45, 7) is 7.66. The molecule has 1 atom stereocenters. The third kappa shape index (κ3) is 2.51. The Morgan fingerprint density at radius 3 is 2.95 bits per heavy atom. The number of nitrogens with zero attached hydrogens (tertiary/aromatic N) is 3. The SMILES string of the molecule is Cc1ccc(C)c(NC(=O)C(C)N2CCn3ccnc32)c1. The first-order valence-electron chi connectivity index (χ1n) is 7.22. The molecule has 5 heteroatoms. The van der Waals surface area contributed by atoms with Gasteiger partial charge in [-0.05, 0) is 38.0 Å². The van der Waals surface area contributed by atoms with Gasteiger partial charge in [0.05, 0.1) is 0 Å². The highest BCUT2D eigenvalue weighted by Gasteiger charge is 2.28. The largest absolute Gasteiger partial charge is 0.329 e. The fourth-order valence-corrected chi connectivity index (χ4v) is 2.67.